The second-order valence-electron chi connectivity index (χ2n) is 7.66. The molecule has 0 spiro atoms. The smallest absolute Gasteiger partial charge is 0.356 e. The fourth-order valence-corrected chi connectivity index (χ4v) is 4.99. The summed E-state index contributed by atoms with van der Waals surface area (Å²) in [4.78, 5) is 9.47. The molecule has 2 heterocycles. The Balaban J connectivity index is 0.00000300. The molecule has 1 N–H and O–H groups in total. The summed E-state index contributed by atoms with van der Waals surface area (Å²) in [7, 11) is 1.78. The minimum atomic E-state index is -4.11. The van der Waals surface area contributed by atoms with Crippen LogP contribution >= 0.6 is 35.7 Å². The summed E-state index contributed by atoms with van der Waals surface area (Å²) in [5.74, 6) is 2.83. The van der Waals surface area contributed by atoms with Crippen LogP contribution in [0.4, 0.5) is 13.2 Å². The van der Waals surface area contributed by atoms with Gasteiger partial charge in [-0.3, -0.25) is 9.89 Å². The molecule has 0 saturated carbocycles. The third kappa shape index (κ3) is 8.16. The Morgan fingerprint density at radius 2 is 1.86 bits per heavy atom. The van der Waals surface area contributed by atoms with E-state index in [0.29, 0.717) is 25.6 Å². The molecule has 0 bridgehead atoms. The van der Waals surface area contributed by atoms with Gasteiger partial charge < -0.3 is 10.2 Å². The van der Waals surface area contributed by atoms with Crippen LogP contribution in [0.15, 0.2) is 40.2 Å². The molecular weight excluding hydrogens is 512 g/mol. The highest BCUT2D eigenvalue weighted by Gasteiger charge is 2.34. The van der Waals surface area contributed by atoms with Crippen LogP contribution in [0.3, 0.4) is 0 Å². The second kappa shape index (κ2) is 11.6. The predicted octanol–water partition coefficient (Wildman–Crippen LogP) is 4.18. The third-order valence-electron chi connectivity index (χ3n) is 5.35. The first-order valence-corrected chi connectivity index (χ1v) is 10.8. The zero-order valence-corrected chi connectivity index (χ0v) is 19.8. The molecule has 2 atom stereocenters. The first-order valence-electron chi connectivity index (χ1n) is 9.85. The fourth-order valence-electron chi connectivity index (χ4n) is 3.94. The van der Waals surface area contributed by atoms with Crippen molar-refractivity contribution in [3.8, 4) is 0 Å². The average Bonchev–Trinajstić information content (AvgIpc) is 3.30. The molecule has 0 amide bonds. The molecular formula is C20H30F3IN4S. The highest BCUT2D eigenvalue weighted by Crippen LogP contribution is 2.26. The van der Waals surface area contributed by atoms with Gasteiger partial charge in [0, 0.05) is 43.9 Å². The summed E-state index contributed by atoms with van der Waals surface area (Å²) < 4.78 is 37.6. The number of hydrogen-bond donors (Lipinski definition) is 1. The van der Waals surface area contributed by atoms with Crippen molar-refractivity contribution in [2.75, 3.05) is 52.1 Å². The van der Waals surface area contributed by atoms with Gasteiger partial charge in [0.05, 0.1) is 6.54 Å². The average molecular weight is 542 g/mol. The minimum Gasteiger partial charge on any atom is -0.356 e. The van der Waals surface area contributed by atoms with Crippen molar-refractivity contribution < 1.29 is 13.2 Å². The van der Waals surface area contributed by atoms with E-state index in [1.807, 2.05) is 17.8 Å². The van der Waals surface area contributed by atoms with Gasteiger partial charge in [0.1, 0.15) is 0 Å². The van der Waals surface area contributed by atoms with Crippen molar-refractivity contribution in [2.45, 2.75) is 23.9 Å². The monoisotopic (exact) mass is 542 g/mol. The van der Waals surface area contributed by atoms with Gasteiger partial charge in [0.2, 0.25) is 0 Å². The fraction of sp³-hybridized carbons (Fsp3) is 0.650. The van der Waals surface area contributed by atoms with Crippen LogP contribution in [0.5, 0.6) is 0 Å². The van der Waals surface area contributed by atoms with Gasteiger partial charge in [-0.1, -0.05) is 18.2 Å². The van der Waals surface area contributed by atoms with Crippen LogP contribution in [0.25, 0.3) is 0 Å². The normalized spacial score (nSPS) is 23.3. The number of halogens is 4. The van der Waals surface area contributed by atoms with Crippen molar-refractivity contribution in [1.82, 2.24) is 15.1 Å². The maximum atomic E-state index is 12.5. The summed E-state index contributed by atoms with van der Waals surface area (Å²) in [5, 5.41) is 3.39. The Kier molecular flexibility index (Phi) is 9.87. The molecule has 0 radical (unpaired) electrons. The van der Waals surface area contributed by atoms with Crippen molar-refractivity contribution in [1.29, 1.82) is 0 Å². The second-order valence-corrected chi connectivity index (χ2v) is 8.75. The van der Waals surface area contributed by atoms with Gasteiger partial charge in [0.15, 0.2) is 5.96 Å². The highest BCUT2D eigenvalue weighted by molar-refractivity contribution is 14.0. The van der Waals surface area contributed by atoms with E-state index in [2.05, 4.69) is 39.5 Å². The number of rotatable bonds is 6. The molecule has 164 valence electrons. The molecule has 2 fully saturated rings. The Morgan fingerprint density at radius 1 is 1.14 bits per heavy atom. The number of benzene rings is 1. The number of alkyl halides is 3. The number of thioether (sulfide) groups is 1. The number of guanidine groups is 1. The highest BCUT2D eigenvalue weighted by atomic mass is 127. The van der Waals surface area contributed by atoms with E-state index in [4.69, 9.17) is 0 Å². The van der Waals surface area contributed by atoms with Crippen LogP contribution in [-0.2, 0) is 0 Å². The van der Waals surface area contributed by atoms with Gasteiger partial charge in [-0.05, 0) is 43.4 Å². The lowest BCUT2D eigenvalue weighted by Crippen LogP contribution is -2.42. The van der Waals surface area contributed by atoms with Gasteiger partial charge in [-0.25, -0.2) is 0 Å². The molecule has 2 aliphatic heterocycles. The van der Waals surface area contributed by atoms with E-state index in [1.165, 1.54) is 9.80 Å². The number of likely N-dealkylation sites (tertiary alicyclic amines) is 2. The molecule has 3 rings (SSSR count). The molecule has 0 aromatic heterocycles. The van der Waals surface area contributed by atoms with Crippen LogP contribution in [0.1, 0.15) is 12.8 Å². The zero-order chi connectivity index (χ0) is 20.0. The van der Waals surface area contributed by atoms with Crippen molar-refractivity contribution in [3.05, 3.63) is 30.3 Å². The van der Waals surface area contributed by atoms with Gasteiger partial charge in [-0.2, -0.15) is 13.2 Å². The van der Waals surface area contributed by atoms with E-state index in [-0.39, 0.29) is 29.9 Å². The molecule has 0 aliphatic carbocycles. The maximum absolute atomic E-state index is 12.5. The Morgan fingerprint density at radius 3 is 2.55 bits per heavy atom. The van der Waals surface area contributed by atoms with Gasteiger partial charge >= 0.3 is 6.18 Å². The number of nitrogens with one attached hydrogen (secondary N) is 1. The number of nitrogens with zero attached hydrogens (tertiary/aromatic N) is 3. The van der Waals surface area contributed by atoms with Crippen molar-refractivity contribution in [2.24, 2.45) is 16.8 Å². The summed E-state index contributed by atoms with van der Waals surface area (Å²) in [6.45, 7) is 2.85. The lowest BCUT2D eigenvalue weighted by Gasteiger charge is -2.23. The SMILES string of the molecule is CN=C(NCC1CCN(CC(F)(F)F)C1)N1CCC(CSc2ccccc2)C1.I. The largest absolute Gasteiger partial charge is 0.401 e. The van der Waals surface area contributed by atoms with Crippen LogP contribution in [0.2, 0.25) is 0 Å². The number of aliphatic imine (C=N–C) groups is 1. The number of hydrogen-bond acceptors (Lipinski definition) is 3. The Bertz CT molecular complexity index is 644. The standard InChI is InChI=1S/C20H29F3N4S.HI/c1-24-19(25-11-16-7-9-26(12-16)15-20(21,22)23)27-10-8-17(13-27)14-28-18-5-3-2-4-6-18;/h2-6,16-17H,7-15H2,1H3,(H,24,25);1H. The van der Waals surface area contributed by atoms with Crippen LogP contribution in [0, 0.1) is 11.8 Å². The lowest BCUT2D eigenvalue weighted by atomic mass is 10.1. The molecule has 1 aromatic rings. The molecule has 2 saturated heterocycles. The minimum absolute atomic E-state index is 0. The summed E-state index contributed by atoms with van der Waals surface area (Å²) >= 11 is 1.89. The van der Waals surface area contributed by atoms with E-state index in [1.54, 1.807) is 7.05 Å². The topological polar surface area (TPSA) is 30.9 Å². The molecule has 1 aromatic carbocycles. The quantitative estimate of drug-likeness (QED) is 0.253. The van der Waals surface area contributed by atoms with Crippen molar-refractivity contribution >= 4 is 41.7 Å². The summed E-state index contributed by atoms with van der Waals surface area (Å²) in [6, 6.07) is 10.4. The molecule has 29 heavy (non-hydrogen) atoms. The first-order chi connectivity index (χ1) is 13.4. The van der Waals surface area contributed by atoms with Crippen LogP contribution in [-0.4, -0.2) is 74.0 Å². The third-order valence-corrected chi connectivity index (χ3v) is 6.59. The van der Waals surface area contributed by atoms with Gasteiger partial charge in [0.25, 0.3) is 0 Å². The molecule has 4 nitrogen and oxygen atoms in total. The van der Waals surface area contributed by atoms with Crippen LogP contribution < -0.4 is 5.32 Å². The first kappa shape index (κ1) is 24.6. The predicted molar refractivity (Wildman–Crippen MR) is 124 cm³/mol. The molecule has 2 aliphatic rings. The molecule has 9 heteroatoms. The zero-order valence-electron chi connectivity index (χ0n) is 16.7. The maximum Gasteiger partial charge on any atom is 0.401 e. The van der Waals surface area contributed by atoms with Crippen molar-refractivity contribution in [3.63, 3.8) is 0 Å². The summed E-state index contributed by atoms with van der Waals surface area (Å²) in [5.41, 5.74) is 0. The van der Waals surface area contributed by atoms with E-state index in [9.17, 15) is 13.2 Å². The Labute approximate surface area is 192 Å². The van der Waals surface area contributed by atoms with E-state index >= 15 is 0 Å². The van der Waals surface area contributed by atoms with E-state index in [0.717, 1.165) is 37.6 Å². The Hall–Kier alpha value is -0.680. The van der Waals surface area contributed by atoms with Gasteiger partial charge in [-0.15, -0.1) is 35.7 Å². The lowest BCUT2D eigenvalue weighted by molar-refractivity contribution is -0.143. The van der Waals surface area contributed by atoms with E-state index < -0.39 is 12.7 Å². The molecule has 2 unspecified atom stereocenters. The summed E-state index contributed by atoms with van der Waals surface area (Å²) in [6.07, 6.45) is -2.17.